The van der Waals surface area contributed by atoms with Crippen LogP contribution >= 0.6 is 0 Å². The molecule has 0 bridgehead atoms. The molecule has 1 saturated carbocycles. The number of phenols is 1. The number of ether oxygens (including phenoxy) is 1. The van der Waals surface area contributed by atoms with E-state index in [1.807, 2.05) is 12.1 Å². The molecule has 0 atom stereocenters. The Bertz CT molecular complexity index is 423. The van der Waals surface area contributed by atoms with Crippen LogP contribution in [-0.2, 0) is 10.3 Å². The van der Waals surface area contributed by atoms with Crippen LogP contribution in [0.5, 0.6) is 5.75 Å². The van der Waals surface area contributed by atoms with Gasteiger partial charge in [0.1, 0.15) is 5.75 Å². The molecule has 2 aliphatic rings. The number of nitrogens with zero attached hydrogens (tertiary/aromatic N) is 1. The second-order valence-electron chi connectivity index (χ2n) is 4.83. The number of morpholine rings is 1. The molecule has 2 N–H and O–H groups in total. The first-order valence-corrected chi connectivity index (χ1v) is 6.08. The molecule has 2 fully saturated rings. The highest BCUT2D eigenvalue weighted by molar-refractivity contribution is 5.55. The van der Waals surface area contributed by atoms with Crippen LogP contribution in [0.2, 0.25) is 0 Å². The predicted molar refractivity (Wildman–Crippen MR) is 64.3 cm³/mol. The zero-order valence-electron chi connectivity index (χ0n) is 9.72. The molecule has 4 heteroatoms. The summed E-state index contributed by atoms with van der Waals surface area (Å²) in [5.74, 6) is 0.196. The predicted octanol–water partition coefficient (Wildman–Crippen LogP) is 1.21. The molecule has 92 valence electrons. The highest BCUT2D eigenvalue weighted by Crippen LogP contribution is 2.49. The Balaban J connectivity index is 1.90. The third kappa shape index (κ3) is 1.98. The lowest BCUT2D eigenvalue weighted by Gasteiger charge is -2.29. The van der Waals surface area contributed by atoms with Gasteiger partial charge in [0, 0.05) is 24.3 Å². The fraction of sp³-hybridized carbons (Fsp3) is 0.538. The van der Waals surface area contributed by atoms with Gasteiger partial charge in [-0.2, -0.15) is 0 Å². The lowest BCUT2D eigenvalue weighted by Crippen LogP contribution is -2.36. The maximum Gasteiger partial charge on any atom is 0.121 e. The molecule has 0 amide bonds. The number of phenolic OH excluding ortho intramolecular Hbond substituents is 1. The number of anilines is 1. The Morgan fingerprint density at radius 2 is 1.88 bits per heavy atom. The summed E-state index contributed by atoms with van der Waals surface area (Å²) >= 11 is 0. The molecule has 1 aliphatic heterocycles. The third-order valence-corrected chi connectivity index (χ3v) is 3.58. The first kappa shape index (κ1) is 10.9. The van der Waals surface area contributed by atoms with E-state index in [1.54, 1.807) is 6.07 Å². The maximum atomic E-state index is 10.1. The molecule has 0 unspecified atom stereocenters. The minimum atomic E-state index is -0.785. The van der Waals surface area contributed by atoms with Gasteiger partial charge >= 0.3 is 0 Å². The highest BCUT2D eigenvalue weighted by Gasteiger charge is 2.44. The summed E-state index contributed by atoms with van der Waals surface area (Å²) in [6.45, 7) is 3.20. The van der Waals surface area contributed by atoms with Crippen LogP contribution in [0.25, 0.3) is 0 Å². The van der Waals surface area contributed by atoms with Gasteiger partial charge in [0.05, 0.1) is 18.8 Å². The van der Waals surface area contributed by atoms with Crippen LogP contribution in [-0.4, -0.2) is 36.5 Å². The van der Waals surface area contributed by atoms with Crippen molar-refractivity contribution in [3.63, 3.8) is 0 Å². The van der Waals surface area contributed by atoms with Crippen molar-refractivity contribution < 1.29 is 14.9 Å². The fourth-order valence-corrected chi connectivity index (χ4v) is 2.30. The molecule has 0 aromatic heterocycles. The molecular weight excluding hydrogens is 218 g/mol. The van der Waals surface area contributed by atoms with E-state index >= 15 is 0 Å². The largest absolute Gasteiger partial charge is 0.508 e. The maximum absolute atomic E-state index is 10.1. The van der Waals surface area contributed by atoms with Gasteiger partial charge in [-0.25, -0.2) is 0 Å². The van der Waals surface area contributed by atoms with E-state index in [0.717, 1.165) is 44.8 Å². The minimum Gasteiger partial charge on any atom is -0.508 e. The number of aliphatic hydroxyl groups is 1. The van der Waals surface area contributed by atoms with Crippen LogP contribution in [0.4, 0.5) is 5.69 Å². The summed E-state index contributed by atoms with van der Waals surface area (Å²) in [4.78, 5) is 2.22. The Kier molecular flexibility index (Phi) is 2.49. The van der Waals surface area contributed by atoms with Crippen molar-refractivity contribution in [3.05, 3.63) is 23.8 Å². The van der Waals surface area contributed by atoms with Gasteiger partial charge in [-0.15, -0.1) is 0 Å². The smallest absolute Gasteiger partial charge is 0.121 e. The van der Waals surface area contributed by atoms with Crippen molar-refractivity contribution in [2.24, 2.45) is 0 Å². The molecule has 17 heavy (non-hydrogen) atoms. The molecule has 1 saturated heterocycles. The van der Waals surface area contributed by atoms with Crippen molar-refractivity contribution in [2.75, 3.05) is 31.2 Å². The topological polar surface area (TPSA) is 52.9 Å². The Morgan fingerprint density at radius 1 is 1.18 bits per heavy atom. The average molecular weight is 235 g/mol. The lowest BCUT2D eigenvalue weighted by molar-refractivity contribution is 0.122. The monoisotopic (exact) mass is 235 g/mol. The molecule has 1 aromatic carbocycles. The summed E-state index contributed by atoms with van der Waals surface area (Å²) in [5.41, 5.74) is 0.940. The van der Waals surface area contributed by atoms with E-state index < -0.39 is 5.60 Å². The van der Waals surface area contributed by atoms with Crippen molar-refractivity contribution in [2.45, 2.75) is 18.4 Å². The van der Waals surface area contributed by atoms with Crippen LogP contribution in [0.15, 0.2) is 18.2 Å². The molecule has 1 heterocycles. The lowest BCUT2D eigenvalue weighted by atomic mass is 10.1. The fourth-order valence-electron chi connectivity index (χ4n) is 2.30. The molecule has 3 rings (SSSR count). The number of hydrogen-bond acceptors (Lipinski definition) is 4. The van der Waals surface area contributed by atoms with Gasteiger partial charge in [-0.1, -0.05) is 0 Å². The van der Waals surface area contributed by atoms with Crippen LogP contribution in [0.3, 0.4) is 0 Å². The Morgan fingerprint density at radius 3 is 2.53 bits per heavy atom. The number of benzene rings is 1. The van der Waals surface area contributed by atoms with Crippen molar-refractivity contribution in [1.29, 1.82) is 0 Å². The SMILES string of the molecule is Oc1ccc(N2CCOCC2)cc1C1(O)CC1. The van der Waals surface area contributed by atoms with E-state index in [-0.39, 0.29) is 5.75 Å². The van der Waals surface area contributed by atoms with Crippen molar-refractivity contribution >= 4 is 5.69 Å². The molecule has 4 nitrogen and oxygen atoms in total. The molecule has 1 aliphatic carbocycles. The Labute approximate surface area is 100 Å². The molecular formula is C13H17NO3. The summed E-state index contributed by atoms with van der Waals surface area (Å²) in [6, 6.07) is 5.49. The second-order valence-corrected chi connectivity index (χ2v) is 4.83. The van der Waals surface area contributed by atoms with E-state index in [2.05, 4.69) is 4.90 Å². The second kappa shape index (κ2) is 3.89. The zero-order valence-corrected chi connectivity index (χ0v) is 9.72. The summed E-state index contributed by atoms with van der Waals surface area (Å²) in [7, 11) is 0. The quantitative estimate of drug-likeness (QED) is 0.809. The van der Waals surface area contributed by atoms with Gasteiger partial charge in [-0.3, -0.25) is 0 Å². The van der Waals surface area contributed by atoms with Crippen molar-refractivity contribution in [1.82, 2.24) is 0 Å². The van der Waals surface area contributed by atoms with Gasteiger partial charge in [0.2, 0.25) is 0 Å². The average Bonchev–Trinajstić information content (AvgIpc) is 3.10. The number of rotatable bonds is 2. The summed E-state index contributed by atoms with van der Waals surface area (Å²) in [5, 5.41) is 19.9. The number of hydrogen-bond donors (Lipinski definition) is 2. The first-order valence-electron chi connectivity index (χ1n) is 6.08. The van der Waals surface area contributed by atoms with Gasteiger partial charge in [-0.05, 0) is 31.0 Å². The van der Waals surface area contributed by atoms with Crippen molar-refractivity contribution in [3.8, 4) is 5.75 Å². The van der Waals surface area contributed by atoms with Crippen LogP contribution < -0.4 is 4.90 Å². The van der Waals surface area contributed by atoms with Gasteiger partial charge < -0.3 is 19.8 Å². The zero-order chi connectivity index (χ0) is 11.9. The first-order chi connectivity index (χ1) is 8.19. The van der Waals surface area contributed by atoms with E-state index in [4.69, 9.17) is 4.74 Å². The van der Waals surface area contributed by atoms with E-state index in [9.17, 15) is 10.2 Å². The standard InChI is InChI=1S/C13H17NO3/c15-12-2-1-10(14-5-7-17-8-6-14)9-11(12)13(16)3-4-13/h1-2,9,15-16H,3-8H2. The summed E-state index contributed by atoms with van der Waals surface area (Å²) in [6.07, 6.45) is 1.49. The van der Waals surface area contributed by atoms with Crippen LogP contribution in [0.1, 0.15) is 18.4 Å². The summed E-state index contributed by atoms with van der Waals surface area (Å²) < 4.78 is 5.31. The third-order valence-electron chi connectivity index (χ3n) is 3.58. The van der Waals surface area contributed by atoms with Gasteiger partial charge in [0.25, 0.3) is 0 Å². The Hall–Kier alpha value is -1.26. The highest BCUT2D eigenvalue weighted by atomic mass is 16.5. The molecule has 0 spiro atoms. The minimum absolute atomic E-state index is 0.196. The van der Waals surface area contributed by atoms with Crippen LogP contribution in [0, 0.1) is 0 Å². The van der Waals surface area contributed by atoms with E-state index in [0.29, 0.717) is 5.56 Å². The number of aromatic hydroxyl groups is 1. The molecule has 0 radical (unpaired) electrons. The van der Waals surface area contributed by atoms with Gasteiger partial charge in [0.15, 0.2) is 0 Å². The van der Waals surface area contributed by atoms with E-state index in [1.165, 1.54) is 0 Å². The normalized spacial score (nSPS) is 22.5. The molecule has 1 aromatic rings.